The zero-order valence-corrected chi connectivity index (χ0v) is 17.7. The highest BCUT2D eigenvalue weighted by Crippen LogP contribution is 2.65. The minimum absolute atomic E-state index is 0.167. The van der Waals surface area contributed by atoms with Gasteiger partial charge in [0.05, 0.1) is 10.6 Å². The number of anilines is 1. The van der Waals surface area contributed by atoms with Crippen LogP contribution >= 0.6 is 0 Å². The summed E-state index contributed by atoms with van der Waals surface area (Å²) in [5.41, 5.74) is 0.266. The second-order valence-electron chi connectivity index (χ2n) is 8.95. The van der Waals surface area contributed by atoms with Gasteiger partial charge in [-0.05, 0) is 56.9 Å². The van der Waals surface area contributed by atoms with Crippen LogP contribution in [0.4, 0.5) is 5.69 Å². The van der Waals surface area contributed by atoms with Gasteiger partial charge in [-0.15, -0.1) is 0 Å². The molecular weight excluding hydrogens is 400 g/mol. The number of hydrogen-bond donors (Lipinski definition) is 0. The van der Waals surface area contributed by atoms with Crippen molar-refractivity contribution in [2.75, 3.05) is 4.90 Å². The minimum atomic E-state index is -3.97. The first-order chi connectivity index (χ1) is 14.4. The summed E-state index contributed by atoms with van der Waals surface area (Å²) in [6.07, 6.45) is 4.00. The van der Waals surface area contributed by atoms with Crippen LogP contribution in [0.1, 0.15) is 44.1 Å². The SMILES string of the molecule is Cc1ccc(S(=O)(=O)N2C(=O)[C@@]34CCCC[C@@]35Oc3ccccc3N5C2CC4)cc1. The number of sulfonamides is 1. The van der Waals surface area contributed by atoms with E-state index < -0.39 is 27.3 Å². The summed E-state index contributed by atoms with van der Waals surface area (Å²) < 4.78 is 35.2. The van der Waals surface area contributed by atoms with Crippen molar-refractivity contribution in [2.45, 2.75) is 62.2 Å². The van der Waals surface area contributed by atoms with Crippen molar-refractivity contribution in [1.29, 1.82) is 0 Å². The maximum absolute atomic E-state index is 14.0. The minimum Gasteiger partial charge on any atom is -0.465 e. The van der Waals surface area contributed by atoms with Gasteiger partial charge in [-0.2, -0.15) is 0 Å². The van der Waals surface area contributed by atoms with E-state index in [-0.39, 0.29) is 10.8 Å². The number of amides is 1. The number of rotatable bonds is 2. The van der Waals surface area contributed by atoms with Crippen LogP contribution < -0.4 is 9.64 Å². The molecule has 1 amide bonds. The van der Waals surface area contributed by atoms with Gasteiger partial charge in [0.1, 0.15) is 17.3 Å². The lowest BCUT2D eigenvalue weighted by Gasteiger charge is -2.65. The number of carbonyl (C=O) groups is 1. The van der Waals surface area contributed by atoms with Crippen molar-refractivity contribution in [3.8, 4) is 5.75 Å². The zero-order chi connectivity index (χ0) is 20.7. The van der Waals surface area contributed by atoms with E-state index in [2.05, 4.69) is 4.90 Å². The van der Waals surface area contributed by atoms with E-state index in [1.807, 2.05) is 31.2 Å². The van der Waals surface area contributed by atoms with Crippen molar-refractivity contribution in [2.24, 2.45) is 5.41 Å². The lowest BCUT2D eigenvalue weighted by Crippen LogP contribution is -2.81. The van der Waals surface area contributed by atoms with Gasteiger partial charge in [0.2, 0.25) is 5.91 Å². The Morgan fingerprint density at radius 2 is 1.73 bits per heavy atom. The number of piperidine rings is 2. The smallest absolute Gasteiger partial charge is 0.268 e. The normalized spacial score (nSPS) is 31.8. The lowest BCUT2D eigenvalue weighted by atomic mass is 9.59. The van der Waals surface area contributed by atoms with E-state index >= 15 is 0 Å². The van der Waals surface area contributed by atoms with Crippen LogP contribution in [0, 0.1) is 12.3 Å². The largest absolute Gasteiger partial charge is 0.465 e. The topological polar surface area (TPSA) is 66.9 Å². The van der Waals surface area contributed by atoms with Crippen LogP contribution in [0.2, 0.25) is 0 Å². The first-order valence-corrected chi connectivity index (χ1v) is 12.1. The number of nitrogens with zero attached hydrogens (tertiary/aromatic N) is 2. The Labute approximate surface area is 176 Å². The fourth-order valence-corrected chi connectivity index (χ4v) is 7.78. The van der Waals surface area contributed by atoms with Crippen LogP contribution in [0.3, 0.4) is 0 Å². The fourth-order valence-electron chi connectivity index (χ4n) is 6.16. The molecule has 2 aromatic carbocycles. The van der Waals surface area contributed by atoms with Gasteiger partial charge in [0.15, 0.2) is 5.72 Å². The fraction of sp³-hybridized carbons (Fsp3) is 0.435. The number of hydrogen-bond acceptors (Lipinski definition) is 5. The predicted molar refractivity (Wildman–Crippen MR) is 111 cm³/mol. The van der Waals surface area contributed by atoms with Crippen LogP contribution in [0.25, 0.3) is 0 Å². The summed E-state index contributed by atoms with van der Waals surface area (Å²) in [7, 11) is -3.97. The molecular formula is C23H24N2O4S. The molecule has 4 heterocycles. The molecule has 1 unspecified atom stereocenters. The van der Waals surface area contributed by atoms with E-state index in [1.165, 1.54) is 4.31 Å². The summed E-state index contributed by atoms with van der Waals surface area (Å²) in [4.78, 5) is 16.2. The Morgan fingerprint density at radius 1 is 1.00 bits per heavy atom. The second-order valence-corrected chi connectivity index (χ2v) is 10.8. The van der Waals surface area contributed by atoms with Crippen molar-refractivity contribution in [3.63, 3.8) is 0 Å². The average Bonchev–Trinajstić information content (AvgIpc) is 3.09. The first-order valence-electron chi connectivity index (χ1n) is 10.6. The Bertz CT molecular complexity index is 1160. The van der Waals surface area contributed by atoms with Gasteiger partial charge in [-0.25, -0.2) is 12.7 Å². The molecule has 0 N–H and O–H groups in total. The molecule has 30 heavy (non-hydrogen) atoms. The average molecular weight is 425 g/mol. The van der Waals surface area contributed by atoms with Gasteiger partial charge < -0.3 is 9.64 Å². The summed E-state index contributed by atoms with van der Waals surface area (Å²) in [5, 5.41) is 0. The molecule has 4 aliphatic heterocycles. The second kappa shape index (κ2) is 5.78. The molecule has 2 aromatic rings. The van der Waals surface area contributed by atoms with Crippen LogP contribution in [0.5, 0.6) is 5.75 Å². The summed E-state index contributed by atoms with van der Waals surface area (Å²) >= 11 is 0. The van der Waals surface area contributed by atoms with Crippen LogP contribution in [-0.4, -0.2) is 30.5 Å². The maximum Gasteiger partial charge on any atom is 0.268 e. The number of benzene rings is 2. The molecule has 7 rings (SSSR count). The quantitative estimate of drug-likeness (QED) is 0.734. The van der Waals surface area contributed by atoms with Gasteiger partial charge in [0, 0.05) is 6.42 Å². The van der Waals surface area contributed by atoms with Crippen molar-refractivity contribution in [1.82, 2.24) is 4.31 Å². The highest BCUT2D eigenvalue weighted by atomic mass is 32.2. The zero-order valence-electron chi connectivity index (χ0n) is 16.9. The molecule has 3 atom stereocenters. The third-order valence-electron chi connectivity index (χ3n) is 7.50. The Kier molecular flexibility index (Phi) is 3.52. The molecule has 1 saturated carbocycles. The third-order valence-corrected chi connectivity index (χ3v) is 9.29. The van der Waals surface area contributed by atoms with Gasteiger partial charge in [0.25, 0.3) is 10.0 Å². The number of para-hydroxylation sites is 2. The standard InChI is InChI=1S/C23H24N2O4S/c1-16-8-10-17(11-9-16)30(27,28)25-20-12-15-22(21(25)26)13-4-5-14-23(22)24(20)18-6-2-3-7-19(18)29-23/h2-3,6-11,20H,4-5,12-15H2,1H3/t20?,22-,23+/m0/s1. The maximum atomic E-state index is 14.0. The van der Waals surface area contributed by atoms with Gasteiger partial charge in [-0.1, -0.05) is 36.2 Å². The molecule has 0 radical (unpaired) electrons. The first kappa shape index (κ1) is 18.2. The summed E-state index contributed by atoms with van der Waals surface area (Å²) in [6, 6.07) is 14.5. The van der Waals surface area contributed by atoms with Crippen LogP contribution in [0.15, 0.2) is 53.4 Å². The van der Waals surface area contributed by atoms with E-state index in [0.29, 0.717) is 19.3 Å². The number of fused-ring (bicyclic) bond motifs is 3. The number of ether oxygens (including phenoxy) is 1. The number of aryl methyl sites for hydroxylation is 1. The van der Waals surface area contributed by atoms with Gasteiger partial charge >= 0.3 is 0 Å². The molecule has 2 bridgehead atoms. The van der Waals surface area contributed by atoms with Gasteiger partial charge in [-0.3, -0.25) is 4.79 Å². The molecule has 156 valence electrons. The van der Waals surface area contributed by atoms with E-state index in [0.717, 1.165) is 36.3 Å². The molecule has 1 aliphatic carbocycles. The third kappa shape index (κ3) is 1.99. The van der Waals surface area contributed by atoms with E-state index in [9.17, 15) is 13.2 Å². The molecule has 5 aliphatic rings. The summed E-state index contributed by atoms with van der Waals surface area (Å²) in [6.45, 7) is 1.91. The van der Waals surface area contributed by atoms with E-state index in [1.54, 1.807) is 24.3 Å². The summed E-state index contributed by atoms with van der Waals surface area (Å²) in [5.74, 6) is 0.459. The Morgan fingerprint density at radius 3 is 2.53 bits per heavy atom. The molecule has 2 spiro atoms. The highest BCUT2D eigenvalue weighted by Gasteiger charge is 2.75. The molecule has 0 aromatic heterocycles. The van der Waals surface area contributed by atoms with Crippen molar-refractivity contribution < 1.29 is 17.9 Å². The van der Waals surface area contributed by atoms with Crippen LogP contribution in [-0.2, 0) is 14.8 Å². The highest BCUT2D eigenvalue weighted by molar-refractivity contribution is 7.89. The van der Waals surface area contributed by atoms with Crippen molar-refractivity contribution >= 4 is 21.6 Å². The monoisotopic (exact) mass is 424 g/mol. The Hall–Kier alpha value is -2.54. The number of carbonyl (C=O) groups excluding carboxylic acids is 1. The Balaban J connectivity index is 1.56. The van der Waals surface area contributed by atoms with E-state index in [4.69, 9.17) is 4.74 Å². The predicted octanol–water partition coefficient (Wildman–Crippen LogP) is 3.80. The van der Waals surface area contributed by atoms with Crippen molar-refractivity contribution in [3.05, 3.63) is 54.1 Å². The molecule has 4 fully saturated rings. The molecule has 7 heteroatoms. The molecule has 3 saturated heterocycles. The molecule has 6 nitrogen and oxygen atoms in total. The lowest BCUT2D eigenvalue weighted by molar-refractivity contribution is -0.187.